The van der Waals surface area contributed by atoms with Gasteiger partial charge in [0.05, 0.1) is 29.7 Å². The molecule has 0 atom stereocenters. The fraction of sp³-hybridized carbons (Fsp3) is 0.429. The first-order valence-corrected chi connectivity index (χ1v) is 7.32. The lowest BCUT2D eigenvalue weighted by Gasteiger charge is -2.26. The van der Waals surface area contributed by atoms with Crippen LogP contribution in [0.25, 0.3) is 5.69 Å². The Morgan fingerprint density at radius 2 is 2.14 bits per heavy atom. The van der Waals surface area contributed by atoms with Crippen LogP contribution in [-0.2, 0) is 6.54 Å². The molecule has 1 aromatic carbocycles. The van der Waals surface area contributed by atoms with Gasteiger partial charge in [-0.1, -0.05) is 16.8 Å². The van der Waals surface area contributed by atoms with Crippen LogP contribution in [-0.4, -0.2) is 53.2 Å². The average molecular weight is 308 g/mol. The molecular formula is C14H18ClN5O. The van der Waals surface area contributed by atoms with Crippen LogP contribution in [0.15, 0.2) is 24.4 Å². The van der Waals surface area contributed by atoms with Crippen LogP contribution >= 0.6 is 11.6 Å². The molecule has 1 aromatic heterocycles. The van der Waals surface area contributed by atoms with E-state index in [1.807, 2.05) is 22.9 Å². The van der Waals surface area contributed by atoms with Crippen molar-refractivity contribution in [2.45, 2.75) is 6.54 Å². The molecule has 1 aliphatic rings. The van der Waals surface area contributed by atoms with Crippen LogP contribution in [0.4, 0.5) is 0 Å². The molecule has 7 heteroatoms. The number of nitrogens with zero attached hydrogens (tertiary/aromatic N) is 4. The van der Waals surface area contributed by atoms with Crippen molar-refractivity contribution in [3.05, 3.63) is 35.1 Å². The van der Waals surface area contributed by atoms with Crippen molar-refractivity contribution < 1.29 is 4.74 Å². The molecule has 0 saturated carbocycles. The zero-order chi connectivity index (χ0) is 14.7. The minimum absolute atomic E-state index is 0.568. The Balaban J connectivity index is 1.82. The fourth-order valence-corrected chi connectivity index (χ4v) is 2.72. The lowest BCUT2D eigenvalue weighted by Crippen LogP contribution is -2.43. The molecule has 2 aromatic rings. The summed E-state index contributed by atoms with van der Waals surface area (Å²) in [7, 11) is 1.60. The maximum Gasteiger partial charge on any atom is 0.137 e. The number of benzene rings is 1. The molecule has 6 nitrogen and oxygen atoms in total. The highest BCUT2D eigenvalue weighted by Crippen LogP contribution is 2.26. The average Bonchev–Trinajstić information content (AvgIpc) is 2.96. The number of aromatic nitrogens is 3. The third-order valence-electron chi connectivity index (χ3n) is 3.60. The van der Waals surface area contributed by atoms with Crippen LogP contribution in [0.3, 0.4) is 0 Å². The normalized spacial score (nSPS) is 16.1. The van der Waals surface area contributed by atoms with E-state index in [4.69, 9.17) is 16.3 Å². The van der Waals surface area contributed by atoms with Crippen LogP contribution in [0.2, 0.25) is 5.02 Å². The van der Waals surface area contributed by atoms with E-state index in [9.17, 15) is 0 Å². The minimum atomic E-state index is 0.568. The van der Waals surface area contributed by atoms with Crippen molar-refractivity contribution in [3.8, 4) is 11.4 Å². The first kappa shape index (κ1) is 14.3. The second-order valence-corrected chi connectivity index (χ2v) is 5.39. The number of rotatable bonds is 4. The molecular weight excluding hydrogens is 290 g/mol. The Hall–Kier alpha value is -1.63. The number of nitrogens with one attached hydrogen (secondary N) is 1. The summed E-state index contributed by atoms with van der Waals surface area (Å²) >= 11 is 6.19. The zero-order valence-corrected chi connectivity index (χ0v) is 12.7. The second kappa shape index (κ2) is 6.43. The van der Waals surface area contributed by atoms with Gasteiger partial charge in [0.1, 0.15) is 5.75 Å². The number of ether oxygens (including phenoxy) is 1. The van der Waals surface area contributed by atoms with Crippen LogP contribution < -0.4 is 10.1 Å². The summed E-state index contributed by atoms with van der Waals surface area (Å²) in [5.41, 5.74) is 1.95. The molecule has 0 spiro atoms. The van der Waals surface area contributed by atoms with Crippen molar-refractivity contribution in [2.75, 3.05) is 33.3 Å². The van der Waals surface area contributed by atoms with Gasteiger partial charge in [0.2, 0.25) is 0 Å². The summed E-state index contributed by atoms with van der Waals surface area (Å²) in [6.45, 7) is 4.95. The van der Waals surface area contributed by atoms with Gasteiger partial charge in [-0.2, -0.15) is 0 Å². The van der Waals surface area contributed by atoms with Gasteiger partial charge in [-0.3, -0.25) is 4.90 Å². The Labute approximate surface area is 128 Å². The van der Waals surface area contributed by atoms with Crippen molar-refractivity contribution in [1.29, 1.82) is 0 Å². The smallest absolute Gasteiger partial charge is 0.137 e. The predicted octanol–water partition coefficient (Wildman–Crippen LogP) is 1.33. The molecule has 1 aliphatic heterocycles. The van der Waals surface area contributed by atoms with E-state index in [2.05, 4.69) is 20.5 Å². The number of hydrogen-bond donors (Lipinski definition) is 1. The molecule has 0 unspecified atom stereocenters. The Bertz CT molecular complexity index is 609. The third kappa shape index (κ3) is 3.18. The van der Waals surface area contributed by atoms with Crippen LogP contribution in [0, 0.1) is 0 Å². The highest BCUT2D eigenvalue weighted by molar-refractivity contribution is 6.32. The van der Waals surface area contributed by atoms with E-state index in [-0.39, 0.29) is 0 Å². The predicted molar refractivity (Wildman–Crippen MR) is 81.1 cm³/mol. The third-order valence-corrected chi connectivity index (χ3v) is 3.89. The summed E-state index contributed by atoms with van der Waals surface area (Å²) in [5, 5.41) is 12.1. The largest absolute Gasteiger partial charge is 0.495 e. The summed E-state index contributed by atoms with van der Waals surface area (Å²) in [6.07, 6.45) is 1.81. The molecule has 3 rings (SSSR count). The molecule has 2 heterocycles. The van der Waals surface area contributed by atoms with E-state index in [1.165, 1.54) is 0 Å². The van der Waals surface area contributed by atoms with Crippen molar-refractivity contribution in [2.24, 2.45) is 0 Å². The van der Waals surface area contributed by atoms with Crippen LogP contribution in [0.1, 0.15) is 5.69 Å². The Morgan fingerprint density at radius 1 is 1.33 bits per heavy atom. The summed E-state index contributed by atoms with van der Waals surface area (Å²) in [4.78, 5) is 2.39. The first-order chi connectivity index (χ1) is 10.3. The molecule has 1 saturated heterocycles. The van der Waals surface area contributed by atoms with Gasteiger partial charge in [0.25, 0.3) is 0 Å². The molecule has 0 aliphatic carbocycles. The zero-order valence-electron chi connectivity index (χ0n) is 11.9. The maximum absolute atomic E-state index is 6.19. The monoisotopic (exact) mass is 307 g/mol. The van der Waals surface area contributed by atoms with E-state index in [0.717, 1.165) is 44.1 Å². The highest BCUT2D eigenvalue weighted by atomic mass is 35.5. The number of piperazine rings is 1. The van der Waals surface area contributed by atoms with Gasteiger partial charge in [-0.25, -0.2) is 4.68 Å². The number of methoxy groups -OCH3 is 1. The molecule has 1 N–H and O–H groups in total. The molecule has 21 heavy (non-hydrogen) atoms. The van der Waals surface area contributed by atoms with E-state index in [1.54, 1.807) is 13.3 Å². The number of halogens is 1. The summed E-state index contributed by atoms with van der Waals surface area (Å²) in [6, 6.07) is 5.62. The maximum atomic E-state index is 6.19. The Kier molecular flexibility index (Phi) is 4.38. The minimum Gasteiger partial charge on any atom is -0.495 e. The van der Waals surface area contributed by atoms with Gasteiger partial charge in [-0.15, -0.1) is 5.10 Å². The SMILES string of the molecule is COc1ccc(-n2nncc2CN2CCNCC2)cc1Cl. The van der Waals surface area contributed by atoms with Crippen molar-refractivity contribution in [3.63, 3.8) is 0 Å². The van der Waals surface area contributed by atoms with Gasteiger partial charge in [-0.05, 0) is 18.2 Å². The summed E-state index contributed by atoms with van der Waals surface area (Å²) in [5.74, 6) is 0.657. The summed E-state index contributed by atoms with van der Waals surface area (Å²) < 4.78 is 7.00. The highest BCUT2D eigenvalue weighted by Gasteiger charge is 2.14. The molecule has 112 valence electrons. The fourth-order valence-electron chi connectivity index (χ4n) is 2.47. The molecule has 0 amide bonds. The van der Waals surface area contributed by atoms with Crippen molar-refractivity contribution >= 4 is 11.6 Å². The van der Waals surface area contributed by atoms with Gasteiger partial charge in [0, 0.05) is 32.7 Å². The van der Waals surface area contributed by atoms with Crippen LogP contribution in [0.5, 0.6) is 5.75 Å². The van der Waals surface area contributed by atoms with E-state index >= 15 is 0 Å². The standard InChI is InChI=1S/C14H18ClN5O/c1-21-14-3-2-11(8-13(14)15)20-12(9-17-18-20)10-19-6-4-16-5-7-19/h2-3,8-9,16H,4-7,10H2,1H3. The number of hydrogen-bond acceptors (Lipinski definition) is 5. The Morgan fingerprint density at radius 3 is 2.86 bits per heavy atom. The second-order valence-electron chi connectivity index (χ2n) is 4.98. The topological polar surface area (TPSA) is 55.2 Å². The lowest BCUT2D eigenvalue weighted by atomic mass is 10.3. The quantitative estimate of drug-likeness (QED) is 0.923. The molecule has 1 fully saturated rings. The van der Waals surface area contributed by atoms with Gasteiger partial charge in [0.15, 0.2) is 0 Å². The van der Waals surface area contributed by atoms with Crippen molar-refractivity contribution in [1.82, 2.24) is 25.2 Å². The van der Waals surface area contributed by atoms with Gasteiger partial charge < -0.3 is 10.1 Å². The lowest BCUT2D eigenvalue weighted by molar-refractivity contribution is 0.229. The van der Waals surface area contributed by atoms with E-state index < -0.39 is 0 Å². The molecule has 0 bridgehead atoms. The first-order valence-electron chi connectivity index (χ1n) is 6.94. The van der Waals surface area contributed by atoms with Gasteiger partial charge >= 0.3 is 0 Å². The van der Waals surface area contributed by atoms with E-state index in [0.29, 0.717) is 10.8 Å². The molecule has 0 radical (unpaired) electrons.